The number of benzene rings is 1. The number of anilines is 1. The molecule has 0 radical (unpaired) electrons. The fourth-order valence-corrected chi connectivity index (χ4v) is 2.68. The van der Waals surface area contributed by atoms with Crippen LogP contribution in [0, 0.1) is 0 Å². The molecule has 120 valence electrons. The Morgan fingerprint density at radius 1 is 1.27 bits per heavy atom. The highest BCUT2D eigenvalue weighted by Crippen LogP contribution is 2.14. The van der Waals surface area contributed by atoms with Gasteiger partial charge in [-0.2, -0.15) is 0 Å². The molecule has 1 aromatic carbocycles. The molecule has 0 aliphatic carbocycles. The first kappa shape index (κ1) is 16.6. The number of nitrogens with zero attached hydrogens (tertiary/aromatic N) is 1. The van der Waals surface area contributed by atoms with Crippen molar-refractivity contribution in [2.24, 2.45) is 0 Å². The maximum absolute atomic E-state index is 11.8. The van der Waals surface area contributed by atoms with Gasteiger partial charge in [0.15, 0.2) is 0 Å². The fourth-order valence-electron chi connectivity index (χ4n) is 2.49. The van der Waals surface area contributed by atoms with E-state index in [-0.39, 0.29) is 11.9 Å². The minimum atomic E-state index is -0.260. The normalized spacial score (nSPS) is 15.3. The minimum absolute atomic E-state index is 0.237. The Morgan fingerprint density at radius 2 is 2.14 bits per heavy atom. The number of hydrogen-bond donors (Lipinski definition) is 2. The van der Waals surface area contributed by atoms with E-state index in [4.69, 9.17) is 11.6 Å². The lowest BCUT2D eigenvalue weighted by Crippen LogP contribution is -2.35. The monoisotopic (exact) mass is 323 g/mol. The average molecular weight is 324 g/mol. The van der Waals surface area contributed by atoms with Crippen molar-refractivity contribution >= 4 is 29.2 Å². The van der Waals surface area contributed by atoms with Gasteiger partial charge in [0.1, 0.15) is 0 Å². The highest BCUT2D eigenvalue weighted by molar-refractivity contribution is 6.30. The summed E-state index contributed by atoms with van der Waals surface area (Å²) in [5.41, 5.74) is 0.660. The third-order valence-electron chi connectivity index (χ3n) is 3.64. The summed E-state index contributed by atoms with van der Waals surface area (Å²) in [7, 11) is 0. The van der Waals surface area contributed by atoms with Crippen LogP contribution in [0.15, 0.2) is 24.3 Å². The largest absolute Gasteiger partial charge is 0.343 e. The fraction of sp³-hybridized carbons (Fsp3) is 0.500. The Labute approximate surface area is 136 Å². The lowest BCUT2D eigenvalue weighted by molar-refractivity contribution is -0.130. The second kappa shape index (κ2) is 8.63. The maximum atomic E-state index is 11.8. The summed E-state index contributed by atoms with van der Waals surface area (Å²) < 4.78 is 0. The highest BCUT2D eigenvalue weighted by atomic mass is 35.5. The average Bonchev–Trinajstić information content (AvgIpc) is 2.68. The molecular weight excluding hydrogens is 302 g/mol. The molecule has 0 unspecified atom stereocenters. The van der Waals surface area contributed by atoms with E-state index in [2.05, 4.69) is 10.6 Å². The maximum Gasteiger partial charge on any atom is 0.319 e. The molecule has 1 saturated heterocycles. The van der Waals surface area contributed by atoms with Gasteiger partial charge in [0, 0.05) is 36.8 Å². The molecule has 1 aromatic rings. The first-order valence-electron chi connectivity index (χ1n) is 7.73. The van der Waals surface area contributed by atoms with Gasteiger partial charge >= 0.3 is 6.03 Å². The van der Waals surface area contributed by atoms with Crippen molar-refractivity contribution in [1.29, 1.82) is 0 Å². The van der Waals surface area contributed by atoms with Gasteiger partial charge in [0.25, 0.3) is 0 Å². The zero-order valence-corrected chi connectivity index (χ0v) is 13.4. The van der Waals surface area contributed by atoms with Gasteiger partial charge in [-0.15, -0.1) is 0 Å². The molecule has 1 fully saturated rings. The van der Waals surface area contributed by atoms with Crippen LogP contribution in [0.25, 0.3) is 0 Å². The summed E-state index contributed by atoms with van der Waals surface area (Å²) in [5.74, 6) is 0.237. The number of halogens is 1. The first-order chi connectivity index (χ1) is 10.6. The van der Waals surface area contributed by atoms with Crippen molar-refractivity contribution in [3.05, 3.63) is 29.3 Å². The van der Waals surface area contributed by atoms with Crippen LogP contribution >= 0.6 is 11.6 Å². The second-order valence-electron chi connectivity index (χ2n) is 5.44. The molecule has 3 amide bonds. The molecule has 5 nitrogen and oxygen atoms in total. The van der Waals surface area contributed by atoms with Crippen LogP contribution in [-0.2, 0) is 4.79 Å². The smallest absolute Gasteiger partial charge is 0.319 e. The number of hydrogen-bond acceptors (Lipinski definition) is 2. The predicted molar refractivity (Wildman–Crippen MR) is 88.1 cm³/mol. The molecule has 1 aliphatic rings. The second-order valence-corrected chi connectivity index (χ2v) is 5.87. The summed E-state index contributed by atoms with van der Waals surface area (Å²) in [6.45, 7) is 2.08. The predicted octanol–water partition coefficient (Wildman–Crippen LogP) is 3.25. The molecule has 0 spiro atoms. The van der Waals surface area contributed by atoms with Crippen LogP contribution in [0.4, 0.5) is 10.5 Å². The number of carbonyl (C=O) groups excluding carboxylic acids is 2. The SMILES string of the molecule is O=C(NCCCN1CCCCCC1=O)Nc1cccc(Cl)c1. The van der Waals surface area contributed by atoms with Gasteiger partial charge < -0.3 is 15.5 Å². The number of rotatable bonds is 5. The van der Waals surface area contributed by atoms with Crippen LogP contribution in [0.2, 0.25) is 5.02 Å². The Balaban J connectivity index is 1.65. The van der Waals surface area contributed by atoms with Crippen molar-refractivity contribution in [2.45, 2.75) is 32.1 Å². The molecule has 6 heteroatoms. The molecule has 1 aliphatic heterocycles. The quantitative estimate of drug-likeness (QED) is 0.817. The molecule has 22 heavy (non-hydrogen) atoms. The van der Waals surface area contributed by atoms with E-state index in [1.165, 1.54) is 0 Å². The lowest BCUT2D eigenvalue weighted by atomic mass is 10.2. The third-order valence-corrected chi connectivity index (χ3v) is 3.88. The molecular formula is C16H22ClN3O2. The molecule has 0 atom stereocenters. The van der Waals surface area contributed by atoms with Crippen molar-refractivity contribution in [2.75, 3.05) is 25.0 Å². The molecule has 0 aromatic heterocycles. The van der Waals surface area contributed by atoms with Gasteiger partial charge in [-0.25, -0.2) is 4.79 Å². The van der Waals surface area contributed by atoms with E-state index in [9.17, 15) is 9.59 Å². The minimum Gasteiger partial charge on any atom is -0.343 e. The zero-order chi connectivity index (χ0) is 15.8. The van der Waals surface area contributed by atoms with E-state index in [1.807, 2.05) is 4.90 Å². The number of carbonyl (C=O) groups is 2. The molecule has 2 N–H and O–H groups in total. The van der Waals surface area contributed by atoms with E-state index in [1.54, 1.807) is 24.3 Å². The van der Waals surface area contributed by atoms with Crippen LogP contribution in [-0.4, -0.2) is 36.5 Å². The van der Waals surface area contributed by atoms with E-state index >= 15 is 0 Å². The zero-order valence-electron chi connectivity index (χ0n) is 12.6. The van der Waals surface area contributed by atoms with E-state index < -0.39 is 0 Å². The Morgan fingerprint density at radius 3 is 2.95 bits per heavy atom. The first-order valence-corrected chi connectivity index (χ1v) is 8.11. The van der Waals surface area contributed by atoms with Crippen LogP contribution in [0.3, 0.4) is 0 Å². The van der Waals surface area contributed by atoms with Gasteiger partial charge in [-0.1, -0.05) is 24.1 Å². The van der Waals surface area contributed by atoms with Crippen molar-refractivity contribution in [3.63, 3.8) is 0 Å². The number of likely N-dealkylation sites (tertiary alicyclic amines) is 1. The van der Waals surface area contributed by atoms with Crippen LogP contribution < -0.4 is 10.6 Å². The number of nitrogens with one attached hydrogen (secondary N) is 2. The number of amides is 3. The molecule has 2 rings (SSSR count). The molecule has 1 heterocycles. The van der Waals surface area contributed by atoms with Crippen molar-refractivity contribution in [3.8, 4) is 0 Å². The lowest BCUT2D eigenvalue weighted by Gasteiger charge is -2.20. The number of urea groups is 1. The Hall–Kier alpha value is -1.75. The van der Waals surface area contributed by atoms with Crippen molar-refractivity contribution < 1.29 is 9.59 Å². The van der Waals surface area contributed by atoms with Crippen LogP contribution in [0.1, 0.15) is 32.1 Å². The molecule has 0 bridgehead atoms. The summed E-state index contributed by atoms with van der Waals surface area (Å²) in [6, 6.07) is 6.74. The Bertz CT molecular complexity index is 522. The Kier molecular flexibility index (Phi) is 6.52. The van der Waals surface area contributed by atoms with Crippen molar-refractivity contribution in [1.82, 2.24) is 10.2 Å². The summed E-state index contributed by atoms with van der Waals surface area (Å²) in [5, 5.41) is 6.10. The van der Waals surface area contributed by atoms with Crippen LogP contribution in [0.5, 0.6) is 0 Å². The summed E-state index contributed by atoms with van der Waals surface area (Å²) in [6.07, 6.45) is 4.62. The van der Waals surface area contributed by atoms with Gasteiger partial charge in [0.05, 0.1) is 0 Å². The van der Waals surface area contributed by atoms with E-state index in [0.717, 1.165) is 32.2 Å². The highest BCUT2D eigenvalue weighted by Gasteiger charge is 2.15. The topological polar surface area (TPSA) is 61.4 Å². The third kappa shape index (κ3) is 5.56. The van der Waals surface area contributed by atoms with E-state index in [0.29, 0.717) is 30.2 Å². The van der Waals surface area contributed by atoms with Gasteiger partial charge in [-0.3, -0.25) is 4.79 Å². The van der Waals surface area contributed by atoms with Gasteiger partial charge in [0.2, 0.25) is 5.91 Å². The summed E-state index contributed by atoms with van der Waals surface area (Å²) >= 11 is 5.86. The summed E-state index contributed by atoms with van der Waals surface area (Å²) in [4.78, 5) is 25.5. The van der Waals surface area contributed by atoms with Gasteiger partial charge in [-0.05, 0) is 37.5 Å². The standard InChI is InChI=1S/C16H22ClN3O2/c17-13-6-4-7-14(12-13)19-16(22)18-9-5-11-20-10-3-1-2-8-15(20)21/h4,6-7,12H,1-3,5,8-11H2,(H2,18,19,22). The molecule has 0 saturated carbocycles.